The number of fused-ring (bicyclic) bond motifs is 1. The Kier molecular flexibility index (Phi) is 4.55. The fourth-order valence-corrected chi connectivity index (χ4v) is 3.22. The number of aliphatic hydroxyl groups is 1. The summed E-state index contributed by atoms with van der Waals surface area (Å²) in [4.78, 5) is 34.8. The van der Waals surface area contributed by atoms with Gasteiger partial charge in [0, 0.05) is 37.2 Å². The van der Waals surface area contributed by atoms with Crippen LogP contribution >= 0.6 is 0 Å². The summed E-state index contributed by atoms with van der Waals surface area (Å²) >= 11 is 0. The zero-order valence-corrected chi connectivity index (χ0v) is 14.5. The predicted molar refractivity (Wildman–Crippen MR) is 97.2 cm³/mol. The fraction of sp³-hybridized carbons (Fsp3) is 0.263. The number of amides is 2. The molecule has 2 N–H and O–H groups in total. The maximum Gasteiger partial charge on any atom is 0.274 e. The average Bonchev–Trinajstić information content (AvgIpc) is 3.14. The van der Waals surface area contributed by atoms with Crippen LogP contribution in [-0.2, 0) is 0 Å². The van der Waals surface area contributed by atoms with Crippen LogP contribution < -0.4 is 5.32 Å². The zero-order valence-electron chi connectivity index (χ0n) is 14.5. The van der Waals surface area contributed by atoms with Gasteiger partial charge in [-0.2, -0.15) is 0 Å². The standard InChI is InChI=1S/C19H19N5O3/c25-16-12-23(18(27)15-11-24-9-4-8-20-19(24)22-15)10-7-14(16)21-17(26)13-5-2-1-3-6-13/h1-6,8-9,11,14,16,25H,7,10,12H2,(H,21,26)/t14-,16-/m1/s1. The van der Waals surface area contributed by atoms with E-state index in [4.69, 9.17) is 0 Å². The van der Waals surface area contributed by atoms with Crippen molar-refractivity contribution in [3.63, 3.8) is 0 Å². The topological polar surface area (TPSA) is 99.8 Å². The highest BCUT2D eigenvalue weighted by Gasteiger charge is 2.32. The normalized spacial score (nSPS) is 19.8. The first-order chi connectivity index (χ1) is 13.1. The van der Waals surface area contributed by atoms with E-state index in [2.05, 4.69) is 15.3 Å². The van der Waals surface area contributed by atoms with Gasteiger partial charge in [0.25, 0.3) is 11.8 Å². The first kappa shape index (κ1) is 17.2. The van der Waals surface area contributed by atoms with E-state index in [0.29, 0.717) is 24.3 Å². The van der Waals surface area contributed by atoms with Gasteiger partial charge in [-0.3, -0.25) is 14.0 Å². The minimum Gasteiger partial charge on any atom is -0.389 e. The van der Waals surface area contributed by atoms with E-state index < -0.39 is 12.1 Å². The summed E-state index contributed by atoms with van der Waals surface area (Å²) in [6.07, 6.45) is 4.64. The van der Waals surface area contributed by atoms with Gasteiger partial charge in [-0.1, -0.05) is 18.2 Å². The maximum absolute atomic E-state index is 12.7. The van der Waals surface area contributed by atoms with E-state index in [-0.39, 0.29) is 24.1 Å². The highest BCUT2D eigenvalue weighted by Crippen LogP contribution is 2.15. The quantitative estimate of drug-likeness (QED) is 0.713. The molecular weight excluding hydrogens is 346 g/mol. The summed E-state index contributed by atoms with van der Waals surface area (Å²) < 4.78 is 1.68. The molecule has 2 amide bonds. The van der Waals surface area contributed by atoms with Gasteiger partial charge in [0.2, 0.25) is 5.78 Å². The Morgan fingerprint density at radius 3 is 2.74 bits per heavy atom. The van der Waals surface area contributed by atoms with Crippen molar-refractivity contribution < 1.29 is 14.7 Å². The van der Waals surface area contributed by atoms with Crippen molar-refractivity contribution in [2.24, 2.45) is 0 Å². The molecule has 0 bridgehead atoms. The minimum absolute atomic E-state index is 0.139. The summed E-state index contributed by atoms with van der Waals surface area (Å²) in [6.45, 7) is 0.566. The lowest BCUT2D eigenvalue weighted by Gasteiger charge is -2.36. The Morgan fingerprint density at radius 1 is 1.19 bits per heavy atom. The molecule has 4 rings (SSSR count). The smallest absolute Gasteiger partial charge is 0.274 e. The molecule has 2 atom stereocenters. The Labute approximate surface area is 155 Å². The van der Waals surface area contributed by atoms with Crippen molar-refractivity contribution in [2.75, 3.05) is 13.1 Å². The Morgan fingerprint density at radius 2 is 2.00 bits per heavy atom. The van der Waals surface area contributed by atoms with E-state index in [9.17, 15) is 14.7 Å². The number of hydrogen-bond donors (Lipinski definition) is 2. The summed E-state index contributed by atoms with van der Waals surface area (Å²) in [5.41, 5.74) is 0.827. The molecule has 8 nitrogen and oxygen atoms in total. The van der Waals surface area contributed by atoms with Gasteiger partial charge in [-0.05, 0) is 24.6 Å². The fourth-order valence-electron chi connectivity index (χ4n) is 3.22. The predicted octanol–water partition coefficient (Wildman–Crippen LogP) is 0.735. The molecule has 0 aliphatic carbocycles. The van der Waals surface area contributed by atoms with Crippen LogP contribution in [0, 0.1) is 0 Å². The van der Waals surface area contributed by atoms with Gasteiger partial charge >= 0.3 is 0 Å². The van der Waals surface area contributed by atoms with Crippen LogP contribution in [0.15, 0.2) is 55.0 Å². The van der Waals surface area contributed by atoms with Crippen molar-refractivity contribution in [1.29, 1.82) is 0 Å². The van der Waals surface area contributed by atoms with Crippen LogP contribution in [-0.4, -0.2) is 61.4 Å². The lowest BCUT2D eigenvalue weighted by molar-refractivity contribution is 0.0311. The van der Waals surface area contributed by atoms with E-state index in [0.717, 1.165) is 0 Å². The maximum atomic E-state index is 12.7. The van der Waals surface area contributed by atoms with Crippen molar-refractivity contribution in [2.45, 2.75) is 18.6 Å². The molecule has 138 valence electrons. The number of likely N-dealkylation sites (tertiary alicyclic amines) is 1. The summed E-state index contributed by atoms with van der Waals surface area (Å²) in [6, 6.07) is 10.2. The summed E-state index contributed by atoms with van der Waals surface area (Å²) in [5, 5.41) is 13.3. The lowest BCUT2D eigenvalue weighted by atomic mass is 10.0. The van der Waals surface area contributed by atoms with E-state index >= 15 is 0 Å². The number of aromatic nitrogens is 3. The zero-order chi connectivity index (χ0) is 18.8. The number of benzene rings is 1. The van der Waals surface area contributed by atoms with E-state index in [1.165, 1.54) is 0 Å². The van der Waals surface area contributed by atoms with Crippen LogP contribution in [0.5, 0.6) is 0 Å². The Hall–Kier alpha value is -3.26. The Bertz CT molecular complexity index is 939. The number of imidazole rings is 1. The van der Waals surface area contributed by atoms with Gasteiger partial charge in [0.05, 0.1) is 12.1 Å². The highest BCUT2D eigenvalue weighted by atomic mass is 16.3. The SMILES string of the molecule is O=C(N[C@@H]1CCN(C(=O)c2cn3cccnc3n2)C[C@H]1O)c1ccccc1. The van der Waals surface area contributed by atoms with E-state index in [1.807, 2.05) is 6.07 Å². The molecule has 1 aliphatic heterocycles. The number of carbonyl (C=O) groups excluding carboxylic acids is 2. The van der Waals surface area contributed by atoms with Crippen molar-refractivity contribution in [3.8, 4) is 0 Å². The third kappa shape index (κ3) is 3.52. The molecule has 0 spiro atoms. The molecule has 3 aromatic rings. The van der Waals surface area contributed by atoms with Crippen LogP contribution in [0.4, 0.5) is 0 Å². The van der Waals surface area contributed by atoms with Gasteiger partial charge in [-0.25, -0.2) is 9.97 Å². The minimum atomic E-state index is -0.842. The second-order valence-electron chi connectivity index (χ2n) is 6.51. The van der Waals surface area contributed by atoms with Gasteiger partial charge in [-0.15, -0.1) is 0 Å². The third-order valence-corrected chi connectivity index (χ3v) is 4.68. The number of rotatable bonds is 3. The van der Waals surface area contributed by atoms with Crippen molar-refractivity contribution >= 4 is 17.6 Å². The molecule has 1 aliphatic rings. The van der Waals surface area contributed by atoms with Crippen molar-refractivity contribution in [1.82, 2.24) is 24.6 Å². The number of piperidine rings is 1. The lowest BCUT2D eigenvalue weighted by Crippen LogP contribution is -2.55. The second kappa shape index (κ2) is 7.16. The third-order valence-electron chi connectivity index (χ3n) is 4.68. The number of β-amino-alcohol motifs (C(OH)–C–C–N with tert-alkyl or cyclic N) is 1. The molecule has 0 radical (unpaired) electrons. The molecule has 1 saturated heterocycles. The highest BCUT2D eigenvalue weighted by molar-refractivity contribution is 5.94. The van der Waals surface area contributed by atoms with Crippen molar-refractivity contribution in [3.05, 3.63) is 66.2 Å². The molecule has 1 fully saturated rings. The molecule has 1 aromatic carbocycles. The molecule has 2 aromatic heterocycles. The molecule has 27 heavy (non-hydrogen) atoms. The Balaban J connectivity index is 1.40. The van der Waals surface area contributed by atoms with Crippen LogP contribution in [0.25, 0.3) is 5.78 Å². The van der Waals surface area contributed by atoms with Crippen LogP contribution in [0.2, 0.25) is 0 Å². The van der Waals surface area contributed by atoms with Crippen LogP contribution in [0.1, 0.15) is 27.3 Å². The number of nitrogens with zero attached hydrogens (tertiary/aromatic N) is 4. The largest absolute Gasteiger partial charge is 0.389 e. The summed E-state index contributed by atoms with van der Waals surface area (Å²) in [7, 11) is 0. The number of hydrogen-bond acceptors (Lipinski definition) is 5. The molecule has 3 heterocycles. The van der Waals surface area contributed by atoms with E-state index in [1.54, 1.807) is 58.2 Å². The van der Waals surface area contributed by atoms with Crippen LogP contribution in [0.3, 0.4) is 0 Å². The molecule has 8 heteroatoms. The second-order valence-corrected chi connectivity index (χ2v) is 6.51. The van der Waals surface area contributed by atoms with Gasteiger partial charge < -0.3 is 15.3 Å². The van der Waals surface area contributed by atoms with Gasteiger partial charge in [0.15, 0.2) is 0 Å². The number of aliphatic hydroxyl groups excluding tert-OH is 1. The molecular formula is C19H19N5O3. The molecule has 0 unspecified atom stereocenters. The number of carbonyl (C=O) groups is 2. The van der Waals surface area contributed by atoms with Gasteiger partial charge in [0.1, 0.15) is 5.69 Å². The first-order valence-corrected chi connectivity index (χ1v) is 8.75. The summed E-state index contributed by atoms with van der Waals surface area (Å²) in [5.74, 6) is -0.0374. The number of nitrogens with one attached hydrogen (secondary N) is 1. The average molecular weight is 365 g/mol. The first-order valence-electron chi connectivity index (χ1n) is 8.75. The monoisotopic (exact) mass is 365 g/mol. The molecule has 0 saturated carbocycles.